The van der Waals surface area contributed by atoms with Crippen molar-refractivity contribution in [2.45, 2.75) is 6.54 Å². The maximum atomic E-state index is 11.9. The molecule has 0 bridgehead atoms. The van der Waals surface area contributed by atoms with E-state index in [1.165, 1.54) is 23.5 Å². The summed E-state index contributed by atoms with van der Waals surface area (Å²) in [5.41, 5.74) is 5.02. The fourth-order valence-corrected chi connectivity index (χ4v) is 2.73. The normalized spacial score (nSPS) is 10.7. The lowest BCUT2D eigenvalue weighted by molar-refractivity contribution is -0.385. The van der Waals surface area contributed by atoms with Crippen LogP contribution >= 0.6 is 11.3 Å². The first-order valence-electron chi connectivity index (χ1n) is 6.64. The minimum atomic E-state index is -0.775. The van der Waals surface area contributed by atoms with Crippen LogP contribution in [0.4, 0.5) is 5.69 Å². The molecule has 0 aliphatic rings. The zero-order valence-corrected chi connectivity index (χ0v) is 12.9. The summed E-state index contributed by atoms with van der Waals surface area (Å²) in [4.78, 5) is 34.3. The number of thiophene rings is 1. The molecule has 3 rings (SSSR count). The number of primary amides is 1. The van der Waals surface area contributed by atoms with Gasteiger partial charge in [-0.05, 0) is 23.6 Å². The molecule has 0 fully saturated rings. The molecule has 24 heavy (non-hydrogen) atoms. The molecular weight excluding hydrogens is 336 g/mol. The molecule has 1 aromatic carbocycles. The number of hydrogen-bond acceptors (Lipinski definition) is 7. The van der Waals surface area contributed by atoms with Crippen LogP contribution in [0, 0.1) is 10.1 Å². The van der Waals surface area contributed by atoms with Crippen LogP contribution in [0.15, 0.2) is 44.9 Å². The van der Waals surface area contributed by atoms with Crippen LogP contribution in [0.25, 0.3) is 10.8 Å². The van der Waals surface area contributed by atoms with Gasteiger partial charge in [0, 0.05) is 11.6 Å². The summed E-state index contributed by atoms with van der Waals surface area (Å²) in [5, 5.41) is 17.0. The maximum absolute atomic E-state index is 11.9. The van der Waals surface area contributed by atoms with E-state index in [1.54, 1.807) is 12.1 Å². The monoisotopic (exact) mass is 346 g/mol. The Hall–Kier alpha value is -3.27. The van der Waals surface area contributed by atoms with Crippen LogP contribution in [0.5, 0.6) is 0 Å². The predicted octanol–water partition coefficient (Wildman–Crippen LogP) is 1.62. The standard InChI is InChI=1S/C14H10N4O5S/c15-12(19)8-3-4-9(10(6-8)18(21)22)7-17-14(20)23-13(16-17)11-2-1-5-24-11/h1-6H,7H2,(H2,15,19). The number of nitrogens with zero attached hydrogens (tertiary/aromatic N) is 3. The number of nitrogens with two attached hydrogens (primary N) is 1. The number of carbonyl (C=O) groups excluding carboxylic acids is 1. The van der Waals surface area contributed by atoms with E-state index in [2.05, 4.69) is 5.10 Å². The van der Waals surface area contributed by atoms with E-state index < -0.39 is 16.6 Å². The van der Waals surface area contributed by atoms with Gasteiger partial charge in [-0.3, -0.25) is 14.9 Å². The molecule has 2 aromatic heterocycles. The second-order valence-corrected chi connectivity index (χ2v) is 5.72. The van der Waals surface area contributed by atoms with Crippen LogP contribution in [0.3, 0.4) is 0 Å². The number of benzene rings is 1. The Morgan fingerprint density at radius 2 is 2.21 bits per heavy atom. The molecule has 0 radical (unpaired) electrons. The Bertz CT molecular complexity index is 973. The van der Waals surface area contributed by atoms with Gasteiger partial charge in [0.1, 0.15) is 0 Å². The van der Waals surface area contributed by atoms with Crippen LogP contribution in [0.1, 0.15) is 15.9 Å². The number of aromatic nitrogens is 2. The van der Waals surface area contributed by atoms with Gasteiger partial charge in [-0.15, -0.1) is 16.4 Å². The maximum Gasteiger partial charge on any atom is 0.437 e. The van der Waals surface area contributed by atoms with Gasteiger partial charge in [0.05, 0.1) is 21.9 Å². The second kappa shape index (κ2) is 6.08. The number of carbonyl (C=O) groups is 1. The number of rotatable bonds is 5. The van der Waals surface area contributed by atoms with E-state index in [4.69, 9.17) is 10.2 Å². The van der Waals surface area contributed by atoms with Gasteiger partial charge in [0.25, 0.3) is 11.6 Å². The molecule has 0 atom stereocenters. The lowest BCUT2D eigenvalue weighted by Gasteiger charge is -2.03. The van der Waals surface area contributed by atoms with Crippen molar-refractivity contribution >= 4 is 22.9 Å². The molecule has 0 aliphatic carbocycles. The minimum absolute atomic E-state index is 0.0113. The van der Waals surface area contributed by atoms with Gasteiger partial charge in [-0.25, -0.2) is 4.79 Å². The molecular formula is C14H10N4O5S. The second-order valence-electron chi connectivity index (χ2n) is 4.77. The van der Waals surface area contributed by atoms with E-state index >= 15 is 0 Å². The van der Waals surface area contributed by atoms with Gasteiger partial charge >= 0.3 is 5.76 Å². The molecule has 1 amide bonds. The first-order valence-corrected chi connectivity index (χ1v) is 7.52. The highest BCUT2D eigenvalue weighted by Gasteiger charge is 2.19. The van der Waals surface area contributed by atoms with Crippen molar-refractivity contribution in [2.75, 3.05) is 0 Å². The highest BCUT2D eigenvalue weighted by molar-refractivity contribution is 7.13. The lowest BCUT2D eigenvalue weighted by atomic mass is 10.1. The Morgan fingerprint density at radius 1 is 1.42 bits per heavy atom. The molecule has 3 aromatic rings. The van der Waals surface area contributed by atoms with Crippen molar-refractivity contribution in [3.63, 3.8) is 0 Å². The van der Waals surface area contributed by atoms with Crippen molar-refractivity contribution in [3.05, 3.63) is 67.5 Å². The Morgan fingerprint density at radius 3 is 2.83 bits per heavy atom. The molecule has 9 nitrogen and oxygen atoms in total. The minimum Gasteiger partial charge on any atom is -0.387 e. The SMILES string of the molecule is NC(=O)c1ccc(Cn2nc(-c3cccs3)oc2=O)c([N+](=O)[O-])c1. The highest BCUT2D eigenvalue weighted by Crippen LogP contribution is 2.23. The van der Waals surface area contributed by atoms with E-state index in [0.717, 1.165) is 10.7 Å². The van der Waals surface area contributed by atoms with Crippen LogP contribution in [-0.2, 0) is 6.54 Å². The summed E-state index contributed by atoms with van der Waals surface area (Å²) in [7, 11) is 0. The summed E-state index contributed by atoms with van der Waals surface area (Å²) in [5.74, 6) is -1.36. The summed E-state index contributed by atoms with van der Waals surface area (Å²) in [6.45, 7) is -0.164. The summed E-state index contributed by atoms with van der Waals surface area (Å²) < 4.78 is 6.04. The van der Waals surface area contributed by atoms with Crippen molar-refractivity contribution < 1.29 is 14.1 Å². The van der Waals surface area contributed by atoms with Crippen LogP contribution < -0.4 is 11.5 Å². The van der Waals surface area contributed by atoms with E-state index in [9.17, 15) is 19.7 Å². The molecule has 0 saturated carbocycles. The Kier molecular flexibility index (Phi) is 3.96. The molecule has 10 heteroatoms. The third-order valence-electron chi connectivity index (χ3n) is 3.22. The summed E-state index contributed by atoms with van der Waals surface area (Å²) in [6, 6.07) is 7.32. The Labute approximate surface area is 138 Å². The molecule has 2 heterocycles. The molecule has 0 spiro atoms. The summed E-state index contributed by atoms with van der Waals surface area (Å²) in [6.07, 6.45) is 0. The van der Waals surface area contributed by atoms with Gasteiger partial charge in [0.15, 0.2) is 0 Å². The quantitative estimate of drug-likeness (QED) is 0.551. The molecule has 2 N–H and O–H groups in total. The summed E-state index contributed by atoms with van der Waals surface area (Å²) >= 11 is 1.35. The fourth-order valence-electron chi connectivity index (χ4n) is 2.09. The largest absolute Gasteiger partial charge is 0.437 e. The number of nitro groups is 1. The van der Waals surface area contributed by atoms with Gasteiger partial charge in [-0.2, -0.15) is 4.68 Å². The molecule has 0 saturated heterocycles. The number of hydrogen-bond donors (Lipinski definition) is 1. The molecule has 0 aliphatic heterocycles. The van der Waals surface area contributed by atoms with E-state index in [0.29, 0.717) is 4.88 Å². The van der Waals surface area contributed by atoms with E-state index in [1.807, 2.05) is 5.38 Å². The molecule has 122 valence electrons. The average Bonchev–Trinajstić information content (AvgIpc) is 3.17. The third kappa shape index (κ3) is 2.94. The van der Waals surface area contributed by atoms with Crippen molar-refractivity contribution in [2.24, 2.45) is 5.73 Å². The number of amides is 1. The van der Waals surface area contributed by atoms with Crippen molar-refractivity contribution in [3.8, 4) is 10.8 Å². The van der Waals surface area contributed by atoms with Gasteiger partial charge in [-0.1, -0.05) is 6.07 Å². The van der Waals surface area contributed by atoms with Gasteiger partial charge < -0.3 is 10.2 Å². The Balaban J connectivity index is 1.98. The topological polar surface area (TPSA) is 134 Å². The predicted molar refractivity (Wildman–Crippen MR) is 84.8 cm³/mol. The van der Waals surface area contributed by atoms with Gasteiger partial charge in [0.2, 0.25) is 5.91 Å². The van der Waals surface area contributed by atoms with Crippen LogP contribution in [0.2, 0.25) is 0 Å². The molecule has 0 unspecified atom stereocenters. The van der Waals surface area contributed by atoms with Crippen molar-refractivity contribution in [1.82, 2.24) is 9.78 Å². The first kappa shape index (κ1) is 15.6. The highest BCUT2D eigenvalue weighted by atomic mass is 32.1. The third-order valence-corrected chi connectivity index (χ3v) is 4.08. The zero-order valence-electron chi connectivity index (χ0n) is 12.0. The lowest BCUT2D eigenvalue weighted by Crippen LogP contribution is -2.18. The van der Waals surface area contributed by atoms with Crippen LogP contribution in [-0.4, -0.2) is 20.6 Å². The zero-order chi connectivity index (χ0) is 17.3. The fraction of sp³-hybridized carbons (Fsp3) is 0.0714. The van der Waals surface area contributed by atoms with Crippen molar-refractivity contribution in [1.29, 1.82) is 0 Å². The smallest absolute Gasteiger partial charge is 0.387 e. The van der Waals surface area contributed by atoms with E-state index in [-0.39, 0.29) is 29.2 Å². The average molecular weight is 346 g/mol. The number of nitro benzene ring substituents is 1. The first-order chi connectivity index (χ1) is 11.5.